The summed E-state index contributed by atoms with van der Waals surface area (Å²) < 4.78 is 45.1. The summed E-state index contributed by atoms with van der Waals surface area (Å²) in [5, 5.41) is 5.22. The maximum absolute atomic E-state index is 12.8. The third-order valence-corrected chi connectivity index (χ3v) is 4.86. The van der Waals surface area contributed by atoms with E-state index in [0.717, 1.165) is 29.8 Å². The summed E-state index contributed by atoms with van der Waals surface area (Å²) in [6.45, 7) is 2.12. The SMILES string of the molecule is COc1cc(CC[C@H](C)c2cccc(Cl)c2)nn1-c1ccc(C(F)(F)F)cc1. The molecule has 0 aliphatic rings. The first-order chi connectivity index (χ1) is 13.3. The minimum Gasteiger partial charge on any atom is -0.481 e. The second-order valence-corrected chi connectivity index (χ2v) is 7.07. The standard InChI is InChI=1S/C21H20ClF3N2O/c1-14(15-4-3-5-17(22)12-15)6-9-18-13-20(28-2)27(26-18)19-10-7-16(8-11-19)21(23,24)25/h3-5,7-8,10-14H,6,9H2,1-2H3/t14-/m0/s1. The molecule has 1 heterocycles. The van der Waals surface area contributed by atoms with Gasteiger partial charge in [0.1, 0.15) is 0 Å². The van der Waals surface area contributed by atoms with E-state index in [1.54, 1.807) is 0 Å². The lowest BCUT2D eigenvalue weighted by atomic mass is 9.95. The molecule has 0 aliphatic heterocycles. The molecule has 3 aromatic rings. The van der Waals surface area contributed by atoms with Crippen LogP contribution in [0.25, 0.3) is 5.69 Å². The molecule has 0 unspecified atom stereocenters. The van der Waals surface area contributed by atoms with Crippen molar-refractivity contribution in [3.05, 3.63) is 76.4 Å². The molecule has 7 heteroatoms. The zero-order valence-corrected chi connectivity index (χ0v) is 16.3. The van der Waals surface area contributed by atoms with E-state index in [1.807, 2.05) is 30.3 Å². The van der Waals surface area contributed by atoms with Crippen LogP contribution in [0.2, 0.25) is 5.02 Å². The first-order valence-corrected chi connectivity index (χ1v) is 9.21. The number of ether oxygens (including phenoxy) is 1. The van der Waals surface area contributed by atoms with E-state index >= 15 is 0 Å². The molecule has 0 amide bonds. The summed E-state index contributed by atoms with van der Waals surface area (Å²) >= 11 is 6.05. The van der Waals surface area contributed by atoms with Gasteiger partial charge in [0.25, 0.3) is 0 Å². The Labute approximate surface area is 166 Å². The molecule has 2 aromatic carbocycles. The van der Waals surface area contributed by atoms with E-state index in [0.29, 0.717) is 28.9 Å². The van der Waals surface area contributed by atoms with Gasteiger partial charge in [0.2, 0.25) is 5.88 Å². The summed E-state index contributed by atoms with van der Waals surface area (Å²) in [6, 6.07) is 14.4. The average Bonchev–Trinajstić information content (AvgIpc) is 3.09. The molecule has 3 rings (SSSR count). The van der Waals surface area contributed by atoms with E-state index in [2.05, 4.69) is 12.0 Å². The lowest BCUT2D eigenvalue weighted by Crippen LogP contribution is -2.06. The molecular weight excluding hydrogens is 389 g/mol. The van der Waals surface area contributed by atoms with Gasteiger partial charge in [-0.3, -0.25) is 0 Å². The van der Waals surface area contributed by atoms with Gasteiger partial charge >= 0.3 is 6.18 Å². The molecule has 0 aliphatic carbocycles. The minimum atomic E-state index is -4.37. The van der Waals surface area contributed by atoms with Crippen LogP contribution in [0.3, 0.4) is 0 Å². The summed E-state index contributed by atoms with van der Waals surface area (Å²) in [5.41, 5.74) is 1.78. The number of methoxy groups -OCH3 is 1. The fourth-order valence-electron chi connectivity index (χ4n) is 3.00. The van der Waals surface area contributed by atoms with Crippen LogP contribution in [-0.4, -0.2) is 16.9 Å². The molecule has 0 radical (unpaired) electrons. The Morgan fingerprint density at radius 3 is 2.43 bits per heavy atom. The highest BCUT2D eigenvalue weighted by atomic mass is 35.5. The third-order valence-electron chi connectivity index (χ3n) is 4.63. The number of halogens is 4. The molecule has 0 fully saturated rings. The maximum atomic E-state index is 12.8. The third kappa shape index (κ3) is 4.68. The zero-order valence-electron chi connectivity index (χ0n) is 15.5. The number of alkyl halides is 3. The summed E-state index contributed by atoms with van der Waals surface area (Å²) in [6.07, 6.45) is -2.81. The van der Waals surface area contributed by atoms with Crippen molar-refractivity contribution >= 4 is 11.6 Å². The highest BCUT2D eigenvalue weighted by Crippen LogP contribution is 2.30. The normalized spacial score (nSPS) is 12.8. The Balaban J connectivity index is 1.75. The number of hydrogen-bond donors (Lipinski definition) is 0. The minimum absolute atomic E-state index is 0.293. The van der Waals surface area contributed by atoms with Crippen LogP contribution < -0.4 is 4.74 Å². The van der Waals surface area contributed by atoms with E-state index in [9.17, 15) is 13.2 Å². The first kappa shape index (κ1) is 20.3. The van der Waals surface area contributed by atoms with Crippen LogP contribution in [0.1, 0.15) is 36.1 Å². The van der Waals surface area contributed by atoms with Crippen LogP contribution in [0, 0.1) is 0 Å². The second kappa shape index (κ2) is 8.27. The topological polar surface area (TPSA) is 27.1 Å². The number of hydrogen-bond acceptors (Lipinski definition) is 2. The van der Waals surface area contributed by atoms with Gasteiger partial charge in [-0.05, 0) is 60.7 Å². The van der Waals surface area contributed by atoms with Crippen molar-refractivity contribution in [2.45, 2.75) is 31.9 Å². The van der Waals surface area contributed by atoms with Crippen molar-refractivity contribution < 1.29 is 17.9 Å². The van der Waals surface area contributed by atoms with E-state index in [4.69, 9.17) is 16.3 Å². The summed E-state index contributed by atoms with van der Waals surface area (Å²) in [4.78, 5) is 0. The molecule has 28 heavy (non-hydrogen) atoms. The van der Waals surface area contributed by atoms with Crippen LogP contribution in [0.15, 0.2) is 54.6 Å². The number of nitrogens with zero attached hydrogens (tertiary/aromatic N) is 2. The smallest absolute Gasteiger partial charge is 0.416 e. The van der Waals surface area contributed by atoms with Gasteiger partial charge in [0, 0.05) is 11.1 Å². The van der Waals surface area contributed by atoms with Gasteiger partial charge in [-0.2, -0.15) is 18.3 Å². The molecular formula is C21H20ClF3N2O. The van der Waals surface area contributed by atoms with Crippen molar-refractivity contribution in [1.82, 2.24) is 9.78 Å². The van der Waals surface area contributed by atoms with Crippen molar-refractivity contribution in [2.75, 3.05) is 7.11 Å². The highest BCUT2D eigenvalue weighted by molar-refractivity contribution is 6.30. The molecule has 0 N–H and O–H groups in total. The van der Waals surface area contributed by atoms with Gasteiger partial charge in [-0.1, -0.05) is 30.7 Å². The van der Waals surface area contributed by atoms with Crippen LogP contribution >= 0.6 is 11.6 Å². The number of aryl methyl sites for hydroxylation is 1. The number of benzene rings is 2. The highest BCUT2D eigenvalue weighted by Gasteiger charge is 2.30. The van der Waals surface area contributed by atoms with Crippen molar-refractivity contribution in [3.8, 4) is 11.6 Å². The molecule has 0 saturated heterocycles. The Kier molecular flexibility index (Phi) is 5.98. The number of rotatable bonds is 6. The Morgan fingerprint density at radius 2 is 1.82 bits per heavy atom. The predicted octanol–water partition coefficient (Wildman–Crippen LogP) is 6.29. The average molecular weight is 409 g/mol. The molecule has 0 spiro atoms. The predicted molar refractivity (Wildman–Crippen MR) is 103 cm³/mol. The lowest BCUT2D eigenvalue weighted by molar-refractivity contribution is -0.137. The van der Waals surface area contributed by atoms with Crippen LogP contribution in [0.5, 0.6) is 5.88 Å². The quantitative estimate of drug-likeness (QED) is 0.479. The van der Waals surface area contributed by atoms with Gasteiger partial charge < -0.3 is 4.74 Å². The van der Waals surface area contributed by atoms with Crippen molar-refractivity contribution in [1.29, 1.82) is 0 Å². The van der Waals surface area contributed by atoms with E-state index in [-0.39, 0.29) is 0 Å². The fraction of sp³-hybridized carbons (Fsp3) is 0.286. The van der Waals surface area contributed by atoms with Crippen LogP contribution in [-0.2, 0) is 12.6 Å². The van der Waals surface area contributed by atoms with Crippen molar-refractivity contribution in [3.63, 3.8) is 0 Å². The summed E-state index contributed by atoms with van der Waals surface area (Å²) in [5.74, 6) is 0.770. The Bertz CT molecular complexity index is 936. The van der Waals surface area contributed by atoms with Crippen LogP contribution in [0.4, 0.5) is 13.2 Å². The van der Waals surface area contributed by atoms with Gasteiger partial charge in [0.05, 0.1) is 24.1 Å². The molecule has 148 valence electrons. The van der Waals surface area contributed by atoms with E-state index in [1.165, 1.54) is 23.9 Å². The Morgan fingerprint density at radius 1 is 1.11 bits per heavy atom. The van der Waals surface area contributed by atoms with E-state index < -0.39 is 11.7 Å². The largest absolute Gasteiger partial charge is 0.481 e. The molecule has 3 nitrogen and oxygen atoms in total. The van der Waals surface area contributed by atoms with Gasteiger partial charge in [-0.25, -0.2) is 4.68 Å². The zero-order chi connectivity index (χ0) is 20.3. The van der Waals surface area contributed by atoms with Gasteiger partial charge in [-0.15, -0.1) is 0 Å². The Hall–Kier alpha value is -2.47. The fourth-order valence-corrected chi connectivity index (χ4v) is 3.20. The van der Waals surface area contributed by atoms with Crippen molar-refractivity contribution in [2.24, 2.45) is 0 Å². The van der Waals surface area contributed by atoms with Gasteiger partial charge in [0.15, 0.2) is 0 Å². The second-order valence-electron chi connectivity index (χ2n) is 6.63. The first-order valence-electron chi connectivity index (χ1n) is 8.84. The summed E-state index contributed by atoms with van der Waals surface area (Å²) in [7, 11) is 1.51. The monoisotopic (exact) mass is 408 g/mol. The lowest BCUT2D eigenvalue weighted by Gasteiger charge is -2.11. The molecule has 1 aromatic heterocycles. The number of aromatic nitrogens is 2. The molecule has 0 saturated carbocycles. The molecule has 0 bridgehead atoms. The molecule has 1 atom stereocenters. The maximum Gasteiger partial charge on any atom is 0.416 e.